The van der Waals surface area contributed by atoms with Crippen molar-refractivity contribution in [2.75, 3.05) is 6.54 Å². The second kappa shape index (κ2) is 5.51. The van der Waals surface area contributed by atoms with Crippen LogP contribution in [0.25, 0.3) is 0 Å². The molecule has 1 saturated carbocycles. The fourth-order valence-electron chi connectivity index (χ4n) is 2.23. The minimum Gasteiger partial charge on any atom is -0.314 e. The minimum absolute atomic E-state index is 0.648. The van der Waals surface area contributed by atoms with Crippen LogP contribution in [0.4, 0.5) is 0 Å². The maximum absolute atomic E-state index is 6.17. The van der Waals surface area contributed by atoms with Crippen molar-refractivity contribution in [1.82, 2.24) is 5.32 Å². The molecule has 1 fully saturated rings. The van der Waals surface area contributed by atoms with Crippen LogP contribution in [0, 0.1) is 0 Å². The number of hydrogen-bond donors (Lipinski definition) is 1. The summed E-state index contributed by atoms with van der Waals surface area (Å²) in [6, 6.07) is 8.85. The van der Waals surface area contributed by atoms with Crippen LogP contribution in [-0.4, -0.2) is 12.6 Å². The fourth-order valence-corrected chi connectivity index (χ4v) is 2.52. The maximum Gasteiger partial charge on any atom is 0.0440 e. The van der Waals surface area contributed by atoms with E-state index in [1.54, 1.807) is 0 Å². The molecule has 1 aromatic rings. The Hall–Kier alpha value is -0.790. The van der Waals surface area contributed by atoms with Gasteiger partial charge in [0.05, 0.1) is 0 Å². The summed E-state index contributed by atoms with van der Waals surface area (Å²) in [5, 5.41) is 4.44. The molecule has 0 atom stereocenters. The van der Waals surface area contributed by atoms with Gasteiger partial charge in [0.25, 0.3) is 0 Å². The molecule has 1 N–H and O–H groups in total. The third kappa shape index (κ3) is 2.66. The van der Waals surface area contributed by atoms with E-state index in [9.17, 15) is 0 Å². The summed E-state index contributed by atoms with van der Waals surface area (Å²) in [6.45, 7) is 4.76. The van der Waals surface area contributed by atoms with Crippen LogP contribution in [0.1, 0.15) is 30.7 Å². The van der Waals surface area contributed by atoms with Gasteiger partial charge in [0, 0.05) is 11.1 Å². The lowest BCUT2D eigenvalue weighted by Crippen LogP contribution is -2.40. The normalized spacial score (nSPS) is 23.8. The van der Waals surface area contributed by atoms with Crippen LogP contribution < -0.4 is 5.32 Å². The van der Waals surface area contributed by atoms with E-state index in [0.29, 0.717) is 12.0 Å². The highest BCUT2D eigenvalue weighted by Crippen LogP contribution is 2.39. The van der Waals surface area contributed by atoms with Crippen molar-refractivity contribution in [1.29, 1.82) is 0 Å². The predicted molar refractivity (Wildman–Crippen MR) is 70.0 cm³/mol. The van der Waals surface area contributed by atoms with Gasteiger partial charge in [-0.1, -0.05) is 35.9 Å². The first-order valence-electron chi connectivity index (χ1n) is 5.90. The molecule has 0 saturated heterocycles. The van der Waals surface area contributed by atoms with Gasteiger partial charge in [-0.3, -0.25) is 0 Å². The average Bonchev–Trinajstić information content (AvgIpc) is 2.23. The van der Waals surface area contributed by atoms with Crippen LogP contribution in [0.2, 0.25) is 5.02 Å². The Balaban J connectivity index is 1.80. The van der Waals surface area contributed by atoms with Crippen molar-refractivity contribution in [2.45, 2.75) is 31.2 Å². The van der Waals surface area contributed by atoms with Gasteiger partial charge in [-0.25, -0.2) is 0 Å². The molecule has 1 aromatic carbocycles. The molecular formula is C14H18ClN. The first-order chi connectivity index (χ1) is 7.81. The quantitative estimate of drug-likeness (QED) is 0.606. The monoisotopic (exact) mass is 235 g/mol. The zero-order chi connectivity index (χ0) is 11.4. The average molecular weight is 236 g/mol. The Morgan fingerprint density at radius 1 is 1.38 bits per heavy atom. The second-order valence-corrected chi connectivity index (χ2v) is 4.83. The summed E-state index contributed by atoms with van der Waals surface area (Å²) in [5.74, 6) is 0.648. The number of benzene rings is 1. The summed E-state index contributed by atoms with van der Waals surface area (Å²) in [4.78, 5) is 0. The van der Waals surface area contributed by atoms with Gasteiger partial charge in [-0.15, -0.1) is 6.58 Å². The SMILES string of the molecule is C=CCCNC1CC(c2ccccc2Cl)C1. The Bertz CT molecular complexity index is 356. The van der Waals surface area contributed by atoms with Gasteiger partial charge in [0.1, 0.15) is 0 Å². The third-order valence-corrected chi connectivity index (χ3v) is 3.61. The largest absolute Gasteiger partial charge is 0.314 e. The van der Waals surface area contributed by atoms with E-state index in [2.05, 4.69) is 24.0 Å². The van der Waals surface area contributed by atoms with E-state index >= 15 is 0 Å². The molecule has 2 heteroatoms. The van der Waals surface area contributed by atoms with E-state index in [4.69, 9.17) is 11.6 Å². The predicted octanol–water partition coefficient (Wildman–Crippen LogP) is 3.75. The van der Waals surface area contributed by atoms with Crippen molar-refractivity contribution in [2.24, 2.45) is 0 Å². The molecule has 0 spiro atoms. The molecule has 0 aliphatic heterocycles. The van der Waals surface area contributed by atoms with Crippen LogP contribution in [-0.2, 0) is 0 Å². The first kappa shape index (κ1) is 11.7. The van der Waals surface area contributed by atoms with Gasteiger partial charge in [0.2, 0.25) is 0 Å². The molecule has 1 aliphatic rings. The van der Waals surface area contributed by atoms with E-state index in [1.165, 1.54) is 18.4 Å². The van der Waals surface area contributed by atoms with E-state index in [1.807, 2.05) is 18.2 Å². The Morgan fingerprint density at radius 3 is 2.81 bits per heavy atom. The topological polar surface area (TPSA) is 12.0 Å². The number of halogens is 1. The number of rotatable bonds is 5. The second-order valence-electron chi connectivity index (χ2n) is 4.42. The molecule has 0 aromatic heterocycles. The highest BCUT2D eigenvalue weighted by atomic mass is 35.5. The molecule has 1 aliphatic carbocycles. The van der Waals surface area contributed by atoms with Crippen LogP contribution >= 0.6 is 11.6 Å². The van der Waals surface area contributed by atoms with Gasteiger partial charge in [0.15, 0.2) is 0 Å². The minimum atomic E-state index is 0.648. The van der Waals surface area contributed by atoms with Crippen LogP contribution in [0.15, 0.2) is 36.9 Å². The Labute approximate surface area is 103 Å². The highest BCUT2D eigenvalue weighted by Gasteiger charge is 2.30. The molecule has 0 unspecified atom stereocenters. The van der Waals surface area contributed by atoms with Crippen molar-refractivity contribution < 1.29 is 0 Å². The molecule has 2 rings (SSSR count). The van der Waals surface area contributed by atoms with E-state index < -0.39 is 0 Å². The molecule has 86 valence electrons. The Morgan fingerprint density at radius 2 is 2.12 bits per heavy atom. The van der Waals surface area contributed by atoms with Crippen LogP contribution in [0.5, 0.6) is 0 Å². The van der Waals surface area contributed by atoms with Gasteiger partial charge < -0.3 is 5.32 Å². The van der Waals surface area contributed by atoms with Crippen molar-refractivity contribution >= 4 is 11.6 Å². The van der Waals surface area contributed by atoms with E-state index in [-0.39, 0.29) is 0 Å². The van der Waals surface area contributed by atoms with Crippen molar-refractivity contribution in [3.63, 3.8) is 0 Å². The van der Waals surface area contributed by atoms with Gasteiger partial charge >= 0.3 is 0 Å². The molecule has 1 nitrogen and oxygen atoms in total. The molecule has 0 amide bonds. The molecular weight excluding hydrogens is 218 g/mol. The molecule has 16 heavy (non-hydrogen) atoms. The molecule has 0 radical (unpaired) electrons. The van der Waals surface area contributed by atoms with Crippen molar-refractivity contribution in [3.8, 4) is 0 Å². The summed E-state index contributed by atoms with van der Waals surface area (Å²) >= 11 is 6.17. The first-order valence-corrected chi connectivity index (χ1v) is 6.27. The number of hydrogen-bond acceptors (Lipinski definition) is 1. The summed E-state index contributed by atoms with van der Waals surface area (Å²) in [5.41, 5.74) is 1.31. The smallest absolute Gasteiger partial charge is 0.0440 e. The maximum atomic E-state index is 6.17. The van der Waals surface area contributed by atoms with Gasteiger partial charge in [-0.05, 0) is 43.4 Å². The molecule has 0 bridgehead atoms. The van der Waals surface area contributed by atoms with E-state index in [0.717, 1.165) is 18.0 Å². The lowest BCUT2D eigenvalue weighted by atomic mass is 9.76. The zero-order valence-electron chi connectivity index (χ0n) is 9.45. The summed E-state index contributed by atoms with van der Waals surface area (Å²) in [6.07, 6.45) is 5.42. The fraction of sp³-hybridized carbons (Fsp3) is 0.429. The lowest BCUT2D eigenvalue weighted by Gasteiger charge is -2.36. The molecule has 0 heterocycles. The lowest BCUT2D eigenvalue weighted by molar-refractivity contribution is 0.293. The van der Waals surface area contributed by atoms with Crippen LogP contribution in [0.3, 0.4) is 0 Å². The summed E-state index contributed by atoms with van der Waals surface area (Å²) < 4.78 is 0. The highest BCUT2D eigenvalue weighted by molar-refractivity contribution is 6.31. The van der Waals surface area contributed by atoms with Gasteiger partial charge in [-0.2, -0.15) is 0 Å². The zero-order valence-corrected chi connectivity index (χ0v) is 10.2. The Kier molecular flexibility index (Phi) is 4.03. The number of nitrogens with one attached hydrogen (secondary N) is 1. The third-order valence-electron chi connectivity index (χ3n) is 3.26. The standard InChI is InChI=1S/C14H18ClN/c1-2-3-8-16-12-9-11(10-12)13-6-4-5-7-14(13)15/h2,4-7,11-12,16H,1,3,8-10H2. The summed E-state index contributed by atoms with van der Waals surface area (Å²) in [7, 11) is 0. The van der Waals surface area contributed by atoms with Crippen molar-refractivity contribution in [3.05, 3.63) is 47.5 Å².